The Kier molecular flexibility index (Phi) is 2.68. The molecule has 2 aromatic rings. The van der Waals surface area contributed by atoms with E-state index < -0.39 is 0 Å². The van der Waals surface area contributed by atoms with Crippen molar-refractivity contribution in [2.75, 3.05) is 7.05 Å². The summed E-state index contributed by atoms with van der Waals surface area (Å²) in [6.07, 6.45) is 0. The van der Waals surface area contributed by atoms with Crippen LogP contribution >= 0.6 is 22.9 Å². The zero-order chi connectivity index (χ0) is 9.10. The van der Waals surface area contributed by atoms with Crippen LogP contribution in [0.3, 0.4) is 0 Å². The van der Waals surface area contributed by atoms with Gasteiger partial charge >= 0.3 is 0 Å². The molecule has 2 aromatic heterocycles. The van der Waals surface area contributed by atoms with Crippen LogP contribution in [-0.4, -0.2) is 16.6 Å². The first-order valence-electron chi connectivity index (χ1n) is 3.89. The van der Waals surface area contributed by atoms with E-state index in [4.69, 9.17) is 0 Å². The molecule has 1 N–H and O–H groups in total. The van der Waals surface area contributed by atoms with Crippen molar-refractivity contribution in [3.8, 4) is 0 Å². The molecule has 0 spiro atoms. The molecule has 13 heavy (non-hydrogen) atoms. The third-order valence-electron chi connectivity index (χ3n) is 1.79. The standard InChI is InChI=1S/C8H9N3S2/c1-9-8(6-5-13-11-10-6)7-3-2-4-12-7/h2-5,8-9H,1H3. The first-order valence-corrected chi connectivity index (χ1v) is 5.61. The smallest absolute Gasteiger partial charge is 0.0978 e. The van der Waals surface area contributed by atoms with Gasteiger partial charge in [-0.3, -0.25) is 0 Å². The van der Waals surface area contributed by atoms with Crippen molar-refractivity contribution in [1.82, 2.24) is 14.9 Å². The molecule has 1 atom stereocenters. The maximum Gasteiger partial charge on any atom is 0.0978 e. The summed E-state index contributed by atoms with van der Waals surface area (Å²) in [5, 5.41) is 11.3. The molecule has 1 unspecified atom stereocenters. The minimum Gasteiger partial charge on any atom is -0.307 e. The predicted molar refractivity (Wildman–Crippen MR) is 55.1 cm³/mol. The summed E-state index contributed by atoms with van der Waals surface area (Å²) >= 11 is 3.11. The van der Waals surface area contributed by atoms with Gasteiger partial charge in [-0.2, -0.15) is 0 Å². The van der Waals surface area contributed by atoms with Crippen molar-refractivity contribution in [2.24, 2.45) is 0 Å². The predicted octanol–water partition coefficient (Wildman–Crippen LogP) is 1.91. The fraction of sp³-hybridized carbons (Fsp3) is 0.250. The van der Waals surface area contributed by atoms with Crippen LogP contribution in [0.5, 0.6) is 0 Å². The van der Waals surface area contributed by atoms with Crippen molar-refractivity contribution in [3.63, 3.8) is 0 Å². The van der Waals surface area contributed by atoms with Gasteiger partial charge in [0.2, 0.25) is 0 Å². The van der Waals surface area contributed by atoms with Crippen LogP contribution in [0.1, 0.15) is 16.6 Å². The Balaban J connectivity index is 2.29. The van der Waals surface area contributed by atoms with Crippen molar-refractivity contribution < 1.29 is 0 Å². The highest BCUT2D eigenvalue weighted by Gasteiger charge is 2.14. The number of hydrogen-bond acceptors (Lipinski definition) is 5. The highest BCUT2D eigenvalue weighted by atomic mass is 32.1. The molecule has 3 nitrogen and oxygen atoms in total. The van der Waals surface area contributed by atoms with Gasteiger partial charge in [0.05, 0.1) is 11.7 Å². The van der Waals surface area contributed by atoms with Crippen molar-refractivity contribution in [1.29, 1.82) is 0 Å². The molecule has 2 rings (SSSR count). The number of hydrogen-bond donors (Lipinski definition) is 1. The molecule has 0 radical (unpaired) electrons. The van der Waals surface area contributed by atoms with E-state index in [1.54, 1.807) is 11.3 Å². The van der Waals surface area contributed by atoms with E-state index in [0.29, 0.717) is 0 Å². The Morgan fingerprint density at radius 1 is 1.54 bits per heavy atom. The van der Waals surface area contributed by atoms with E-state index in [9.17, 15) is 0 Å². The summed E-state index contributed by atoms with van der Waals surface area (Å²) in [5.41, 5.74) is 0.995. The van der Waals surface area contributed by atoms with Crippen LogP contribution in [0.15, 0.2) is 22.9 Å². The molecule has 0 aliphatic heterocycles. The van der Waals surface area contributed by atoms with Crippen LogP contribution in [0.4, 0.5) is 0 Å². The van der Waals surface area contributed by atoms with Gasteiger partial charge in [0, 0.05) is 10.3 Å². The zero-order valence-electron chi connectivity index (χ0n) is 7.10. The van der Waals surface area contributed by atoms with Gasteiger partial charge in [-0.15, -0.1) is 16.4 Å². The Morgan fingerprint density at radius 2 is 2.46 bits per heavy atom. The van der Waals surface area contributed by atoms with E-state index in [1.807, 2.05) is 18.5 Å². The molecule has 0 bridgehead atoms. The number of rotatable bonds is 3. The summed E-state index contributed by atoms with van der Waals surface area (Å²) in [6, 6.07) is 4.34. The minimum atomic E-state index is 0.193. The van der Waals surface area contributed by atoms with Gasteiger partial charge in [0.1, 0.15) is 0 Å². The Bertz CT molecular complexity index is 307. The molecular formula is C8H9N3S2. The molecule has 0 aliphatic rings. The lowest BCUT2D eigenvalue weighted by Gasteiger charge is -2.09. The van der Waals surface area contributed by atoms with Crippen LogP contribution in [-0.2, 0) is 0 Å². The first-order chi connectivity index (χ1) is 6.42. The van der Waals surface area contributed by atoms with Crippen molar-refractivity contribution in [2.45, 2.75) is 6.04 Å². The van der Waals surface area contributed by atoms with Gasteiger partial charge in [-0.1, -0.05) is 10.6 Å². The summed E-state index contributed by atoms with van der Waals surface area (Å²) in [7, 11) is 1.93. The van der Waals surface area contributed by atoms with Crippen molar-refractivity contribution >= 4 is 22.9 Å². The van der Waals surface area contributed by atoms with E-state index in [1.165, 1.54) is 16.4 Å². The lowest BCUT2D eigenvalue weighted by molar-refractivity contribution is 0.679. The zero-order valence-corrected chi connectivity index (χ0v) is 8.73. The first kappa shape index (κ1) is 8.80. The molecule has 5 heteroatoms. The quantitative estimate of drug-likeness (QED) is 0.842. The maximum atomic E-state index is 4.06. The van der Waals surface area contributed by atoms with Crippen molar-refractivity contribution in [3.05, 3.63) is 33.5 Å². The average molecular weight is 211 g/mol. The summed E-state index contributed by atoms with van der Waals surface area (Å²) in [5.74, 6) is 0. The topological polar surface area (TPSA) is 37.8 Å². The number of thiophene rings is 1. The lowest BCUT2D eigenvalue weighted by atomic mass is 10.2. The fourth-order valence-electron chi connectivity index (χ4n) is 1.19. The monoisotopic (exact) mass is 211 g/mol. The van der Waals surface area contributed by atoms with Crippen LogP contribution < -0.4 is 5.32 Å². The molecular weight excluding hydrogens is 202 g/mol. The molecule has 0 saturated heterocycles. The minimum absolute atomic E-state index is 0.193. The third kappa shape index (κ3) is 1.77. The molecule has 0 amide bonds. The molecule has 68 valence electrons. The van der Waals surface area contributed by atoms with Gasteiger partial charge < -0.3 is 5.32 Å². The Hall–Kier alpha value is -0.780. The second-order valence-electron chi connectivity index (χ2n) is 2.57. The van der Waals surface area contributed by atoms with Crippen LogP contribution in [0, 0.1) is 0 Å². The Labute approximate surface area is 84.6 Å². The van der Waals surface area contributed by atoms with Crippen LogP contribution in [0.25, 0.3) is 0 Å². The van der Waals surface area contributed by atoms with Gasteiger partial charge in [0.15, 0.2) is 0 Å². The van der Waals surface area contributed by atoms with E-state index in [0.717, 1.165) is 5.69 Å². The summed E-state index contributed by atoms with van der Waals surface area (Å²) in [4.78, 5) is 1.27. The highest BCUT2D eigenvalue weighted by molar-refractivity contribution is 7.10. The number of nitrogens with one attached hydrogen (secondary N) is 1. The lowest BCUT2D eigenvalue weighted by Crippen LogP contribution is -2.16. The molecule has 2 heterocycles. The molecule has 0 saturated carbocycles. The molecule has 0 fully saturated rings. The van der Waals surface area contributed by atoms with E-state index in [-0.39, 0.29) is 6.04 Å². The maximum absolute atomic E-state index is 4.06. The third-order valence-corrected chi connectivity index (χ3v) is 3.25. The largest absolute Gasteiger partial charge is 0.307 e. The average Bonchev–Trinajstić information content (AvgIpc) is 2.76. The van der Waals surface area contributed by atoms with Gasteiger partial charge in [0.25, 0.3) is 0 Å². The second-order valence-corrected chi connectivity index (χ2v) is 4.16. The summed E-state index contributed by atoms with van der Waals surface area (Å²) < 4.78 is 3.86. The van der Waals surface area contributed by atoms with E-state index >= 15 is 0 Å². The Morgan fingerprint density at radius 3 is 3.00 bits per heavy atom. The van der Waals surface area contributed by atoms with Gasteiger partial charge in [-0.25, -0.2) is 0 Å². The fourth-order valence-corrected chi connectivity index (χ4v) is 2.51. The van der Waals surface area contributed by atoms with Crippen LogP contribution in [0.2, 0.25) is 0 Å². The number of aromatic nitrogens is 2. The van der Waals surface area contributed by atoms with E-state index in [2.05, 4.69) is 26.4 Å². The normalized spacial score (nSPS) is 13.0. The van der Waals surface area contributed by atoms with Gasteiger partial charge in [-0.05, 0) is 30.0 Å². The SMILES string of the molecule is CNC(c1csnn1)c1cccs1. The molecule has 0 aliphatic carbocycles. The highest BCUT2D eigenvalue weighted by Crippen LogP contribution is 2.24. The summed E-state index contributed by atoms with van der Waals surface area (Å²) in [6.45, 7) is 0. The molecule has 0 aromatic carbocycles. The number of nitrogens with zero attached hydrogens (tertiary/aromatic N) is 2. The second kappa shape index (κ2) is 3.95.